The lowest BCUT2D eigenvalue weighted by Crippen LogP contribution is -2.46. The molecular weight excluding hydrogens is 1060 g/mol. The monoisotopic (exact) mass is 1100 g/mol. The number of allylic oxidation sites excluding steroid dienone is 1. The fraction of sp³-hybridized carbons (Fsp3) is 0.108. The van der Waals surface area contributed by atoms with Crippen molar-refractivity contribution in [2.75, 3.05) is 0 Å². The molecule has 0 N–H and O–H groups in total. The number of fused-ring (bicyclic) bond motifs is 8. The molecule has 8 aromatic carbocycles. The van der Waals surface area contributed by atoms with E-state index in [1.807, 2.05) is 0 Å². The number of thiophene rings is 2. The van der Waals surface area contributed by atoms with Gasteiger partial charge in [-0.3, -0.25) is 38.4 Å². The largest absolute Gasteiger partial charge is 0.459 e. The van der Waals surface area contributed by atoms with E-state index in [1.165, 1.54) is 18.2 Å². The van der Waals surface area contributed by atoms with Crippen molar-refractivity contribution in [3.8, 4) is 0 Å². The van der Waals surface area contributed by atoms with E-state index < -0.39 is 61.8 Å². The number of rotatable bonds is 14. The number of hydrogen-bond acceptors (Lipinski definition) is 16. The summed E-state index contributed by atoms with van der Waals surface area (Å²) in [6, 6.07) is 49.2. The summed E-state index contributed by atoms with van der Waals surface area (Å²) in [6.45, 7) is -1.36. The van der Waals surface area contributed by atoms with Crippen molar-refractivity contribution < 1.29 is 38.1 Å². The van der Waals surface area contributed by atoms with Gasteiger partial charge in [0.25, 0.3) is 0 Å². The van der Waals surface area contributed by atoms with E-state index in [4.69, 9.17) is 18.9 Å². The molecule has 10 aromatic rings. The molecule has 3 aliphatic rings. The van der Waals surface area contributed by atoms with Crippen LogP contribution in [0.1, 0.15) is 53.6 Å². The summed E-state index contributed by atoms with van der Waals surface area (Å²) in [6.07, 6.45) is 1.49. The van der Waals surface area contributed by atoms with Gasteiger partial charge < -0.3 is 18.9 Å². The number of benzene rings is 6. The van der Waals surface area contributed by atoms with E-state index in [-0.39, 0.29) is 102 Å². The minimum atomic E-state index is -2.68. The van der Waals surface area contributed by atoms with E-state index in [2.05, 4.69) is 9.98 Å². The first-order chi connectivity index (χ1) is 39.5. The van der Waals surface area contributed by atoms with Gasteiger partial charge in [0, 0.05) is 70.6 Å². The average molecular weight is 1110 g/mol. The Morgan fingerprint density at radius 3 is 1.20 bits per heavy atom. The summed E-state index contributed by atoms with van der Waals surface area (Å²) in [5.41, 5.74) is -5.30. The molecule has 0 amide bonds. The molecule has 0 aliphatic heterocycles. The third-order valence-electron chi connectivity index (χ3n) is 14.9. The van der Waals surface area contributed by atoms with Crippen LogP contribution in [0.5, 0.6) is 0 Å². The van der Waals surface area contributed by atoms with Crippen LogP contribution >= 0.6 is 22.7 Å². The second kappa shape index (κ2) is 20.1. The predicted octanol–water partition coefficient (Wildman–Crippen LogP) is 8.43. The molecular formula is C65H40N2O12S2. The molecule has 81 heavy (non-hydrogen) atoms. The predicted molar refractivity (Wildman–Crippen MR) is 304 cm³/mol. The van der Waals surface area contributed by atoms with Crippen LogP contribution in [0.2, 0.25) is 0 Å². The highest BCUT2D eigenvalue weighted by atomic mass is 32.1. The van der Waals surface area contributed by atoms with Crippen LogP contribution in [0.4, 0.5) is 5.00 Å². The maximum Gasteiger partial charge on any atom is 0.333 e. The lowest BCUT2D eigenvalue weighted by atomic mass is 9.74. The Morgan fingerprint density at radius 2 is 0.790 bits per heavy atom. The fourth-order valence-electron chi connectivity index (χ4n) is 11.2. The van der Waals surface area contributed by atoms with Gasteiger partial charge in [-0.2, -0.15) is 0 Å². The molecule has 0 atom stereocenters. The SMILES string of the molecule is O=C(OCc1ccccc1)C1(C(=O)OCc2ccccc2)C2=C(c3sc(N=c4c(=O)c5ccccc5c4=O)cc31)C(C(=O)OCc1ccccc1)(C(=O)OCc1ccccc1)c1c2sc2c1CC(N=c1c(=O)c3ccccc3c1=O)=C2. The van der Waals surface area contributed by atoms with Gasteiger partial charge in [-0.25, -0.2) is 9.98 Å². The molecule has 14 nitrogen and oxygen atoms in total. The van der Waals surface area contributed by atoms with E-state index in [0.717, 1.165) is 22.7 Å². The first-order valence-corrected chi connectivity index (χ1v) is 27.3. The normalized spacial score (nSPS) is 14.2. The van der Waals surface area contributed by atoms with Gasteiger partial charge in [0.1, 0.15) is 31.4 Å². The summed E-state index contributed by atoms with van der Waals surface area (Å²) in [5.74, 6) is -4.55. The van der Waals surface area contributed by atoms with Crippen molar-refractivity contribution in [1.29, 1.82) is 0 Å². The molecule has 0 saturated heterocycles. The average Bonchev–Trinajstić information content (AvgIpc) is 2.64. The van der Waals surface area contributed by atoms with Crippen molar-refractivity contribution in [2.24, 2.45) is 9.98 Å². The lowest BCUT2D eigenvalue weighted by Gasteiger charge is -2.30. The van der Waals surface area contributed by atoms with Gasteiger partial charge in [0.15, 0.2) is 10.7 Å². The molecule has 394 valence electrons. The zero-order valence-electron chi connectivity index (χ0n) is 42.5. The molecule has 0 fully saturated rings. The summed E-state index contributed by atoms with van der Waals surface area (Å²) >= 11 is 1.89. The van der Waals surface area contributed by atoms with E-state index in [9.17, 15) is 19.2 Å². The van der Waals surface area contributed by atoms with Gasteiger partial charge in [0.2, 0.25) is 32.5 Å². The van der Waals surface area contributed by atoms with Gasteiger partial charge in [-0.15, -0.1) is 22.7 Å². The molecule has 0 saturated carbocycles. The quantitative estimate of drug-likeness (QED) is 0.0573. The van der Waals surface area contributed by atoms with Crippen LogP contribution in [-0.2, 0) is 81.8 Å². The van der Waals surface area contributed by atoms with Crippen LogP contribution in [-0.4, -0.2) is 23.9 Å². The third kappa shape index (κ3) is 8.12. The molecule has 2 heterocycles. The first-order valence-electron chi connectivity index (χ1n) is 25.6. The highest BCUT2D eigenvalue weighted by Gasteiger charge is 2.72. The van der Waals surface area contributed by atoms with Crippen LogP contribution in [0, 0.1) is 0 Å². The maximum atomic E-state index is 16.2. The highest BCUT2D eigenvalue weighted by Crippen LogP contribution is 2.69. The summed E-state index contributed by atoms with van der Waals surface area (Å²) < 4.78 is 25.2. The molecule has 2 aromatic heterocycles. The summed E-state index contributed by atoms with van der Waals surface area (Å²) in [4.78, 5) is 130. The van der Waals surface area contributed by atoms with E-state index >= 15 is 19.2 Å². The van der Waals surface area contributed by atoms with E-state index in [1.54, 1.807) is 164 Å². The van der Waals surface area contributed by atoms with Crippen LogP contribution in [0.25, 0.3) is 38.8 Å². The number of carbonyl (C=O) groups is 4. The second-order valence-corrected chi connectivity index (χ2v) is 21.7. The Kier molecular flexibility index (Phi) is 12.5. The number of esters is 4. The molecule has 13 rings (SSSR count). The standard InChI is InChI=1S/C65H40N2O12S2/c68-54-41-25-13-14-26-42(41)55(69)52(54)66-40-29-45-47(30-40)80-59-49(45)65(62(74)78-34-38-21-9-3-10-22-38,63(75)79-35-39-23-11-4-12-24-39)50-51(59)64(60(72)76-32-36-17-5-1-6-18-36,61(73)77-33-37-19-7-2-8-20-37)46-31-48(81-58(46)50)67-53-56(70)43-27-15-16-28-44(43)57(53)71/h1-28,30-31H,29,32-35H2. The fourth-order valence-corrected chi connectivity index (χ4v) is 13.8. The van der Waals surface area contributed by atoms with Gasteiger partial charge in [-0.1, -0.05) is 170 Å². The Labute approximate surface area is 466 Å². The Morgan fingerprint density at radius 1 is 0.432 bits per heavy atom. The maximum absolute atomic E-state index is 16.2. The zero-order chi connectivity index (χ0) is 55.6. The Balaban J connectivity index is 1.10. The Hall–Kier alpha value is -9.90. The molecule has 3 aliphatic carbocycles. The van der Waals surface area contributed by atoms with Crippen molar-refractivity contribution in [1.82, 2.24) is 0 Å². The lowest BCUT2D eigenvalue weighted by molar-refractivity contribution is -0.165. The van der Waals surface area contributed by atoms with Crippen molar-refractivity contribution in [2.45, 2.75) is 43.7 Å². The molecule has 16 heteroatoms. The highest BCUT2D eigenvalue weighted by molar-refractivity contribution is 7.18. The van der Waals surface area contributed by atoms with Crippen LogP contribution in [0.3, 0.4) is 0 Å². The van der Waals surface area contributed by atoms with Gasteiger partial charge in [-0.05, 0) is 40.0 Å². The number of hydrogen-bond donors (Lipinski definition) is 0. The van der Waals surface area contributed by atoms with Crippen LogP contribution < -0.4 is 32.4 Å². The molecule has 0 spiro atoms. The summed E-state index contributed by atoms with van der Waals surface area (Å²) in [5, 5.41) is -0.105. The third-order valence-corrected chi connectivity index (χ3v) is 17.1. The topological polar surface area (TPSA) is 198 Å². The van der Waals surface area contributed by atoms with Crippen LogP contribution in [0.15, 0.2) is 211 Å². The smallest absolute Gasteiger partial charge is 0.333 e. The molecule has 0 radical (unpaired) electrons. The van der Waals surface area contributed by atoms with Gasteiger partial charge >= 0.3 is 23.9 Å². The van der Waals surface area contributed by atoms with Crippen molar-refractivity contribution >= 4 is 90.3 Å². The minimum Gasteiger partial charge on any atom is -0.459 e. The first kappa shape index (κ1) is 50.6. The molecule has 0 unspecified atom stereocenters. The van der Waals surface area contributed by atoms with Crippen molar-refractivity contribution in [3.05, 3.63) is 287 Å². The Bertz CT molecular complexity index is 4470. The van der Waals surface area contributed by atoms with Crippen molar-refractivity contribution in [3.63, 3.8) is 0 Å². The van der Waals surface area contributed by atoms with Gasteiger partial charge in [0.05, 0.1) is 0 Å². The minimum absolute atomic E-state index is 0.0158. The second-order valence-electron chi connectivity index (χ2n) is 19.6. The number of nitrogens with zero attached hydrogens (tertiary/aromatic N) is 2. The number of ether oxygens (including phenoxy) is 4. The molecule has 0 bridgehead atoms. The summed E-state index contributed by atoms with van der Waals surface area (Å²) in [7, 11) is 0. The zero-order valence-corrected chi connectivity index (χ0v) is 44.1. The van der Waals surface area contributed by atoms with E-state index in [0.29, 0.717) is 32.7 Å². The number of carbonyl (C=O) groups excluding carboxylic acids is 4.